The predicted molar refractivity (Wildman–Crippen MR) is 168 cm³/mol. The summed E-state index contributed by atoms with van der Waals surface area (Å²) in [5.41, 5.74) is 2.67. The molecule has 0 spiro atoms. The Morgan fingerprint density at radius 1 is 1.00 bits per heavy atom. The zero-order valence-electron chi connectivity index (χ0n) is 25.4. The molecule has 7 rings (SSSR count). The Morgan fingerprint density at radius 3 is 2.57 bits per heavy atom. The molecule has 2 fully saturated rings. The van der Waals surface area contributed by atoms with Crippen LogP contribution in [0.5, 0.6) is 5.75 Å². The molecule has 0 radical (unpaired) electrons. The Morgan fingerprint density at radius 2 is 1.77 bits per heavy atom. The first-order chi connectivity index (χ1) is 22.9. The number of hydrogen-bond acceptors (Lipinski definition) is 9. The smallest absolute Gasteiger partial charge is 0.338 e. The van der Waals surface area contributed by atoms with E-state index in [2.05, 4.69) is 32.3 Å². The van der Waals surface area contributed by atoms with Crippen molar-refractivity contribution in [3.05, 3.63) is 107 Å². The number of benzene rings is 3. The molecule has 3 aliphatic rings. The van der Waals surface area contributed by atoms with Crippen molar-refractivity contribution >= 4 is 23.5 Å². The van der Waals surface area contributed by atoms with Crippen LogP contribution in [0.2, 0.25) is 0 Å². The molecule has 0 saturated carbocycles. The van der Waals surface area contributed by atoms with Gasteiger partial charge in [-0.15, -0.1) is 5.10 Å². The van der Waals surface area contributed by atoms with Crippen molar-refractivity contribution in [3.63, 3.8) is 0 Å². The Balaban J connectivity index is 0.975. The number of H-pyrrole nitrogens is 1. The first-order valence-corrected chi connectivity index (χ1v) is 15.2. The maximum atomic E-state index is 13.4. The van der Waals surface area contributed by atoms with Crippen LogP contribution in [-0.2, 0) is 25.4 Å². The lowest BCUT2D eigenvalue weighted by Crippen LogP contribution is -2.49. The van der Waals surface area contributed by atoms with Gasteiger partial charge >= 0.3 is 5.97 Å². The van der Waals surface area contributed by atoms with Crippen LogP contribution < -0.4 is 15.0 Å². The third-order valence-electron chi connectivity index (χ3n) is 8.29. The minimum Gasteiger partial charge on any atom is -0.489 e. The minimum absolute atomic E-state index is 0.0595. The van der Waals surface area contributed by atoms with Gasteiger partial charge in [-0.05, 0) is 35.9 Å². The molecule has 0 bridgehead atoms. The van der Waals surface area contributed by atoms with E-state index in [1.807, 2.05) is 36.4 Å². The first-order valence-electron chi connectivity index (χ1n) is 15.2. The lowest BCUT2D eigenvalue weighted by atomic mass is 10.0. The van der Waals surface area contributed by atoms with Gasteiger partial charge in [0.1, 0.15) is 36.4 Å². The normalized spacial score (nSPS) is 23.0. The van der Waals surface area contributed by atoms with Crippen LogP contribution in [0.25, 0.3) is 0 Å². The number of ether oxygens (including phenoxy) is 4. The van der Waals surface area contributed by atoms with E-state index in [1.165, 1.54) is 4.90 Å². The van der Waals surface area contributed by atoms with Gasteiger partial charge in [0, 0.05) is 19.0 Å². The number of nitrogens with zero attached hydrogens (tertiary/aromatic N) is 3. The minimum atomic E-state index is -0.957. The number of aromatic nitrogens is 3. The molecule has 5 atom stereocenters. The fourth-order valence-electron chi connectivity index (χ4n) is 5.81. The van der Waals surface area contributed by atoms with Gasteiger partial charge in [-0.3, -0.25) is 14.7 Å². The summed E-state index contributed by atoms with van der Waals surface area (Å²) in [6.45, 7) is 0.510. The van der Waals surface area contributed by atoms with Gasteiger partial charge in [0.15, 0.2) is 6.10 Å². The third kappa shape index (κ3) is 6.44. The largest absolute Gasteiger partial charge is 0.489 e. The zero-order chi connectivity index (χ0) is 32.3. The van der Waals surface area contributed by atoms with Crippen LogP contribution in [0.15, 0.2) is 78.9 Å². The van der Waals surface area contributed by atoms with Crippen molar-refractivity contribution in [1.82, 2.24) is 20.5 Å². The van der Waals surface area contributed by atoms with Crippen molar-refractivity contribution in [2.45, 2.75) is 30.8 Å². The molecule has 2 unspecified atom stereocenters. The van der Waals surface area contributed by atoms with E-state index < -0.39 is 30.1 Å². The van der Waals surface area contributed by atoms with Crippen LogP contribution >= 0.6 is 0 Å². The van der Waals surface area contributed by atoms with E-state index in [0.29, 0.717) is 41.4 Å². The summed E-state index contributed by atoms with van der Waals surface area (Å²) in [5.74, 6) is 5.78. The van der Waals surface area contributed by atoms with Gasteiger partial charge in [0.05, 0.1) is 30.4 Å². The second-order valence-corrected chi connectivity index (χ2v) is 11.5. The predicted octanol–water partition coefficient (Wildman–Crippen LogP) is 2.54. The van der Waals surface area contributed by atoms with Crippen molar-refractivity contribution < 1.29 is 33.3 Å². The maximum Gasteiger partial charge on any atom is 0.338 e. The molecule has 3 aromatic carbocycles. The molecular weight excluding hydrogens is 602 g/mol. The molecule has 1 aromatic heterocycles. The second kappa shape index (κ2) is 13.1. The molecule has 4 aromatic rings. The highest BCUT2D eigenvalue weighted by Crippen LogP contribution is 2.34. The van der Waals surface area contributed by atoms with Crippen LogP contribution in [0.4, 0.5) is 5.69 Å². The van der Waals surface area contributed by atoms with Crippen molar-refractivity contribution in [2.24, 2.45) is 5.92 Å². The molecule has 12 nitrogen and oxygen atoms in total. The summed E-state index contributed by atoms with van der Waals surface area (Å²) < 4.78 is 23.5. The zero-order valence-corrected chi connectivity index (χ0v) is 25.4. The highest BCUT2D eigenvalue weighted by molar-refractivity contribution is 6.02. The molecule has 2 N–H and O–H groups in total. The fraction of sp³-hybridized carbons (Fsp3) is 0.286. The Hall–Kier alpha value is -5.51. The van der Waals surface area contributed by atoms with Crippen LogP contribution in [0.3, 0.4) is 0 Å². The summed E-state index contributed by atoms with van der Waals surface area (Å²) in [6, 6.07) is 22.9. The third-order valence-corrected chi connectivity index (χ3v) is 8.29. The molecule has 238 valence electrons. The molecule has 2 saturated heterocycles. The van der Waals surface area contributed by atoms with Gasteiger partial charge in [-0.25, -0.2) is 9.78 Å². The summed E-state index contributed by atoms with van der Waals surface area (Å²) in [4.78, 5) is 44.6. The number of fused-ring (bicyclic) bond motifs is 2. The van der Waals surface area contributed by atoms with Gasteiger partial charge in [0.25, 0.3) is 11.8 Å². The van der Waals surface area contributed by atoms with Crippen LogP contribution in [0.1, 0.15) is 37.9 Å². The van der Waals surface area contributed by atoms with E-state index >= 15 is 0 Å². The quantitative estimate of drug-likeness (QED) is 0.242. The summed E-state index contributed by atoms with van der Waals surface area (Å²) in [7, 11) is 1.62. The second-order valence-electron chi connectivity index (χ2n) is 11.5. The number of likely N-dealkylation sites (N-methyl/N-ethyl adjacent to an activating group) is 1. The summed E-state index contributed by atoms with van der Waals surface area (Å²) >= 11 is 0. The summed E-state index contributed by atoms with van der Waals surface area (Å²) in [5, 5.41) is 9.52. The number of aromatic amines is 1. The monoisotopic (exact) mass is 633 g/mol. The highest BCUT2D eigenvalue weighted by atomic mass is 16.6. The van der Waals surface area contributed by atoms with E-state index in [1.54, 1.807) is 49.5 Å². The molecule has 3 aliphatic heterocycles. The number of amides is 2. The number of carbonyl (C=O) groups is 3. The average molecular weight is 634 g/mol. The topological polar surface area (TPSA) is 145 Å². The Labute approximate surface area is 270 Å². The summed E-state index contributed by atoms with van der Waals surface area (Å²) in [6.07, 6.45) is -0.752. The van der Waals surface area contributed by atoms with Crippen LogP contribution in [0, 0.1) is 17.8 Å². The number of nitrogens with one attached hydrogen (secondary N) is 2. The van der Waals surface area contributed by atoms with Gasteiger partial charge in [-0.2, -0.15) is 0 Å². The van der Waals surface area contributed by atoms with Crippen LogP contribution in [-0.4, -0.2) is 84.2 Å². The van der Waals surface area contributed by atoms with Gasteiger partial charge in [0.2, 0.25) is 5.82 Å². The van der Waals surface area contributed by atoms with Crippen molar-refractivity contribution in [2.75, 3.05) is 31.8 Å². The highest BCUT2D eigenvalue weighted by Gasteiger charge is 2.49. The van der Waals surface area contributed by atoms with E-state index in [9.17, 15) is 14.4 Å². The lowest BCUT2D eigenvalue weighted by Gasteiger charge is -2.20. The molecule has 2 amide bonds. The molecule has 47 heavy (non-hydrogen) atoms. The number of anilines is 1. The number of hydrogen-bond donors (Lipinski definition) is 2. The lowest BCUT2D eigenvalue weighted by molar-refractivity contribution is -0.120. The number of carbonyl (C=O) groups excluding carboxylic acids is 3. The molecule has 0 aliphatic carbocycles. The molecule has 4 heterocycles. The SMILES string of the molecule is CN1C(=O)[C@H](NC(=O)c2n[nH]c(Cc3ccccc3)n2)COc2ccc(C#C[C@H]3COC4C3OC[C@@H]4OC(=O)c3ccccc3)cc21. The van der Waals surface area contributed by atoms with E-state index in [4.69, 9.17) is 18.9 Å². The Bertz CT molecular complexity index is 1850. The van der Waals surface area contributed by atoms with Gasteiger partial charge in [-0.1, -0.05) is 60.4 Å². The first kappa shape index (κ1) is 30.2. The Kier molecular flexibility index (Phi) is 8.39. The van der Waals surface area contributed by atoms with Crippen molar-refractivity contribution in [3.8, 4) is 17.6 Å². The molecular formula is C35H31N5O7. The fourth-order valence-corrected chi connectivity index (χ4v) is 5.81. The maximum absolute atomic E-state index is 13.4. The van der Waals surface area contributed by atoms with Crippen molar-refractivity contribution in [1.29, 1.82) is 0 Å². The average Bonchev–Trinajstić information content (AvgIpc) is 3.83. The molecule has 12 heteroatoms. The van der Waals surface area contributed by atoms with Gasteiger partial charge < -0.3 is 29.2 Å². The number of rotatable bonds is 6. The van der Waals surface area contributed by atoms with E-state index in [0.717, 1.165) is 5.56 Å². The number of esters is 1. The van der Waals surface area contributed by atoms with E-state index in [-0.39, 0.29) is 37.0 Å². The standard InChI is InChI=1S/C35H31N5O7/c1-40-26-16-22(12-14-24-18-45-31-28(20-46-30(24)31)47-35(43)23-10-6-3-7-11-23)13-15-27(26)44-19-25(34(40)42)36-33(41)32-37-29(38-39-32)17-21-8-4-2-5-9-21/h2-11,13,15-16,24-25,28,30-31H,17-20H2,1H3,(H,36,41)(H,37,38,39)/t24-,25+,28-,30?,31?/m0/s1.